The zero-order valence-electron chi connectivity index (χ0n) is 14.2. The van der Waals surface area contributed by atoms with E-state index in [-0.39, 0.29) is 11.9 Å². The molecule has 8 heteroatoms. The number of fused-ring (bicyclic) bond motifs is 1. The molecule has 2 aromatic carbocycles. The van der Waals surface area contributed by atoms with Gasteiger partial charge in [-0.1, -0.05) is 12.1 Å². The molecule has 0 aliphatic carbocycles. The molecule has 1 atom stereocenters. The fourth-order valence-corrected chi connectivity index (χ4v) is 3.94. The van der Waals surface area contributed by atoms with E-state index in [1.165, 1.54) is 12.1 Å². The molecule has 1 unspecified atom stereocenters. The van der Waals surface area contributed by atoms with Gasteiger partial charge in [0.2, 0.25) is 0 Å². The highest BCUT2D eigenvalue weighted by Gasteiger charge is 2.45. The van der Waals surface area contributed by atoms with Gasteiger partial charge in [-0.05, 0) is 48.5 Å². The van der Waals surface area contributed by atoms with E-state index in [1.807, 2.05) is 24.3 Å². The molecule has 134 valence electrons. The molecule has 0 radical (unpaired) electrons. The van der Waals surface area contributed by atoms with Gasteiger partial charge in [0.25, 0.3) is 5.69 Å². The first kappa shape index (κ1) is 16.7. The van der Waals surface area contributed by atoms with E-state index < -0.39 is 4.92 Å². The van der Waals surface area contributed by atoms with Crippen LogP contribution in [-0.2, 0) is 0 Å². The Hall–Kier alpha value is -2.71. The van der Waals surface area contributed by atoms with E-state index in [0.717, 1.165) is 41.6 Å². The molecule has 0 amide bonds. The zero-order valence-corrected chi connectivity index (χ0v) is 15.1. The van der Waals surface area contributed by atoms with Crippen molar-refractivity contribution in [3.05, 3.63) is 64.2 Å². The lowest BCUT2D eigenvalue weighted by molar-refractivity contribution is -0.384. The van der Waals surface area contributed by atoms with Crippen molar-refractivity contribution in [3.63, 3.8) is 0 Å². The van der Waals surface area contributed by atoms with Crippen LogP contribution in [-0.4, -0.2) is 40.3 Å². The minimum Gasteiger partial charge on any atom is -0.497 e. The van der Waals surface area contributed by atoms with Gasteiger partial charge in [-0.15, -0.1) is 0 Å². The highest BCUT2D eigenvalue weighted by atomic mass is 32.1. The van der Waals surface area contributed by atoms with Crippen LogP contribution in [0.15, 0.2) is 48.5 Å². The number of anilines is 1. The maximum absolute atomic E-state index is 10.9. The molecule has 2 fully saturated rings. The topological polar surface area (TPSA) is 62.1 Å². The van der Waals surface area contributed by atoms with Crippen molar-refractivity contribution >= 4 is 28.7 Å². The van der Waals surface area contributed by atoms with Crippen LogP contribution >= 0.6 is 12.2 Å². The van der Waals surface area contributed by atoms with Gasteiger partial charge in [0.1, 0.15) is 11.9 Å². The number of methoxy groups -OCH3 is 1. The fraction of sp³-hybridized carbons (Fsp3) is 0.278. The molecule has 2 saturated heterocycles. The van der Waals surface area contributed by atoms with Crippen molar-refractivity contribution in [3.8, 4) is 5.75 Å². The van der Waals surface area contributed by atoms with Gasteiger partial charge in [0, 0.05) is 30.9 Å². The lowest BCUT2D eigenvalue weighted by atomic mass is 10.1. The van der Waals surface area contributed by atoms with E-state index in [4.69, 9.17) is 17.0 Å². The highest BCUT2D eigenvalue weighted by Crippen LogP contribution is 2.41. The predicted octanol–water partition coefficient (Wildman–Crippen LogP) is 3.33. The van der Waals surface area contributed by atoms with Gasteiger partial charge in [0.15, 0.2) is 5.11 Å². The second-order valence-corrected chi connectivity index (χ2v) is 6.58. The number of ether oxygens (including phenoxy) is 1. The number of hydrogen-bond donors (Lipinski definition) is 0. The Labute approximate surface area is 156 Å². The predicted molar refractivity (Wildman–Crippen MR) is 102 cm³/mol. The number of hydrogen-bond acceptors (Lipinski definition) is 5. The van der Waals surface area contributed by atoms with E-state index >= 15 is 0 Å². The van der Waals surface area contributed by atoms with E-state index in [9.17, 15) is 10.1 Å². The Balaban J connectivity index is 1.74. The average molecular weight is 370 g/mol. The molecule has 0 aromatic heterocycles. The third-order valence-electron chi connectivity index (χ3n) is 4.77. The Morgan fingerprint density at radius 1 is 1.12 bits per heavy atom. The fourth-order valence-electron chi connectivity index (χ4n) is 3.54. The minimum absolute atomic E-state index is 0.0701. The smallest absolute Gasteiger partial charge is 0.269 e. The Morgan fingerprint density at radius 2 is 1.81 bits per heavy atom. The molecule has 4 rings (SSSR count). The molecule has 0 N–H and O–H groups in total. The van der Waals surface area contributed by atoms with E-state index in [0.29, 0.717) is 0 Å². The number of non-ortho nitro benzene ring substituents is 1. The van der Waals surface area contributed by atoms with Crippen molar-refractivity contribution in [1.82, 2.24) is 10.0 Å². The van der Waals surface area contributed by atoms with Crippen molar-refractivity contribution in [1.29, 1.82) is 0 Å². The van der Waals surface area contributed by atoms with Crippen LogP contribution in [0.3, 0.4) is 0 Å². The molecular weight excluding hydrogens is 352 g/mol. The van der Waals surface area contributed by atoms with E-state index in [2.05, 4.69) is 14.9 Å². The Morgan fingerprint density at radius 3 is 2.42 bits per heavy atom. The molecule has 26 heavy (non-hydrogen) atoms. The summed E-state index contributed by atoms with van der Waals surface area (Å²) >= 11 is 5.72. The standard InChI is InChI=1S/C18H18N4O3S/c1-25-16-9-3-13(4-10-16)17-19-11-2-12-20(19)18(26)21(17)14-5-7-15(8-6-14)22(23)24/h3-10,17H,2,11-12H2,1H3. The number of hydrazine groups is 1. The second-order valence-electron chi connectivity index (χ2n) is 6.21. The number of rotatable bonds is 4. The second kappa shape index (κ2) is 6.54. The molecule has 2 heterocycles. The summed E-state index contributed by atoms with van der Waals surface area (Å²) in [7, 11) is 1.64. The van der Waals surface area contributed by atoms with E-state index in [1.54, 1.807) is 19.2 Å². The maximum Gasteiger partial charge on any atom is 0.269 e. The molecular formula is C18H18N4O3S. The molecule has 2 aromatic rings. The van der Waals surface area contributed by atoms with Crippen molar-refractivity contribution in [2.45, 2.75) is 12.6 Å². The van der Waals surface area contributed by atoms with Crippen LogP contribution in [0.1, 0.15) is 18.2 Å². The summed E-state index contributed by atoms with van der Waals surface area (Å²) in [6.07, 6.45) is 0.985. The SMILES string of the molecule is COc1ccc(C2N(c3ccc([N+](=O)[O-])cc3)C(=S)N3CCCN23)cc1. The van der Waals surface area contributed by atoms with Crippen LogP contribution in [0, 0.1) is 10.1 Å². The van der Waals surface area contributed by atoms with Crippen LogP contribution in [0.2, 0.25) is 0 Å². The minimum atomic E-state index is -0.394. The lowest BCUT2D eigenvalue weighted by Crippen LogP contribution is -2.32. The Kier molecular flexibility index (Phi) is 4.21. The lowest BCUT2D eigenvalue weighted by Gasteiger charge is -2.28. The number of thiocarbonyl (C=S) groups is 1. The van der Waals surface area contributed by atoms with Crippen molar-refractivity contribution in [2.75, 3.05) is 25.1 Å². The molecule has 2 aliphatic heterocycles. The van der Waals surface area contributed by atoms with Crippen LogP contribution in [0.25, 0.3) is 0 Å². The molecule has 0 saturated carbocycles. The number of nitro groups is 1. The number of nitrogens with zero attached hydrogens (tertiary/aromatic N) is 4. The summed E-state index contributed by atoms with van der Waals surface area (Å²) in [6, 6.07) is 14.5. The summed E-state index contributed by atoms with van der Waals surface area (Å²) in [6.45, 7) is 1.80. The Bertz CT molecular complexity index is 841. The monoisotopic (exact) mass is 370 g/mol. The first-order valence-corrected chi connectivity index (χ1v) is 8.76. The summed E-state index contributed by atoms with van der Waals surface area (Å²) in [5, 5.41) is 16.0. The van der Waals surface area contributed by atoms with Crippen LogP contribution < -0.4 is 9.64 Å². The van der Waals surface area contributed by atoms with Crippen LogP contribution in [0.5, 0.6) is 5.75 Å². The first-order valence-electron chi connectivity index (χ1n) is 8.36. The summed E-state index contributed by atoms with van der Waals surface area (Å²) in [4.78, 5) is 12.6. The van der Waals surface area contributed by atoms with Gasteiger partial charge < -0.3 is 4.74 Å². The summed E-state index contributed by atoms with van der Waals surface area (Å²) in [5.41, 5.74) is 2.01. The maximum atomic E-state index is 10.9. The normalized spacial score (nSPS) is 19.7. The summed E-state index contributed by atoms with van der Waals surface area (Å²) < 4.78 is 5.26. The summed E-state index contributed by atoms with van der Waals surface area (Å²) in [5.74, 6) is 0.800. The van der Waals surface area contributed by atoms with Gasteiger partial charge in [-0.25, -0.2) is 0 Å². The number of benzene rings is 2. The average Bonchev–Trinajstić information content (AvgIpc) is 3.24. The first-order chi connectivity index (χ1) is 12.6. The van der Waals surface area contributed by atoms with Gasteiger partial charge in [0.05, 0.1) is 12.0 Å². The van der Waals surface area contributed by atoms with Gasteiger partial charge in [-0.2, -0.15) is 5.01 Å². The quantitative estimate of drug-likeness (QED) is 0.465. The largest absolute Gasteiger partial charge is 0.497 e. The molecule has 2 aliphatic rings. The van der Waals surface area contributed by atoms with Gasteiger partial charge in [-0.3, -0.25) is 20.0 Å². The molecule has 0 bridgehead atoms. The van der Waals surface area contributed by atoms with Gasteiger partial charge >= 0.3 is 0 Å². The van der Waals surface area contributed by atoms with Crippen molar-refractivity contribution in [2.24, 2.45) is 0 Å². The third kappa shape index (κ3) is 2.67. The molecule has 0 spiro atoms. The number of nitro benzene ring substituents is 1. The highest BCUT2D eigenvalue weighted by molar-refractivity contribution is 7.80. The van der Waals surface area contributed by atoms with Crippen molar-refractivity contribution < 1.29 is 9.66 Å². The molecule has 7 nitrogen and oxygen atoms in total. The third-order valence-corrected chi connectivity index (χ3v) is 5.18. The zero-order chi connectivity index (χ0) is 18.3. The van der Waals surface area contributed by atoms with Crippen LogP contribution in [0.4, 0.5) is 11.4 Å².